The summed E-state index contributed by atoms with van der Waals surface area (Å²) in [6.45, 7) is 2.96. The lowest BCUT2D eigenvalue weighted by molar-refractivity contribution is 0.306. The Hall–Kier alpha value is -1.75. The highest BCUT2D eigenvalue weighted by molar-refractivity contribution is 5.52. The highest BCUT2D eigenvalue weighted by Crippen LogP contribution is 2.13. The van der Waals surface area contributed by atoms with Crippen molar-refractivity contribution in [3.8, 4) is 11.8 Å². The van der Waals surface area contributed by atoms with E-state index >= 15 is 0 Å². The van der Waals surface area contributed by atoms with Crippen molar-refractivity contribution in [2.75, 3.05) is 6.61 Å². The summed E-state index contributed by atoms with van der Waals surface area (Å²) in [4.78, 5) is 0. The van der Waals surface area contributed by atoms with Gasteiger partial charge in [0.15, 0.2) is 0 Å². The summed E-state index contributed by atoms with van der Waals surface area (Å²) in [6, 6.07) is 9.73. The number of nitriles is 1. The van der Waals surface area contributed by atoms with Gasteiger partial charge < -0.3 is 4.74 Å². The summed E-state index contributed by atoms with van der Waals surface area (Å²) in [6.07, 6.45) is 6.77. The fourth-order valence-electron chi connectivity index (χ4n) is 1.35. The second kappa shape index (κ2) is 7.53. The lowest BCUT2D eigenvalue weighted by Gasteiger charge is -2.05. The van der Waals surface area contributed by atoms with E-state index in [1.807, 2.05) is 30.3 Å². The van der Waals surface area contributed by atoms with Gasteiger partial charge in [-0.3, -0.25) is 0 Å². The van der Waals surface area contributed by atoms with Gasteiger partial charge in [0.05, 0.1) is 12.7 Å². The van der Waals surface area contributed by atoms with E-state index < -0.39 is 0 Å². The molecule has 2 nitrogen and oxygen atoms in total. The Labute approximate surface area is 97.2 Å². The number of allylic oxidation sites excluding steroid dienone is 1. The number of benzene rings is 1. The Morgan fingerprint density at radius 3 is 2.62 bits per heavy atom. The fraction of sp³-hybridized carbons (Fsp3) is 0.357. The second-order valence-electron chi connectivity index (χ2n) is 3.59. The van der Waals surface area contributed by atoms with Crippen LogP contribution in [0, 0.1) is 11.3 Å². The Balaban J connectivity index is 2.40. The molecule has 0 unspecified atom stereocenters. The van der Waals surface area contributed by atoms with E-state index in [-0.39, 0.29) is 0 Å². The Bertz CT molecular complexity index is 359. The van der Waals surface area contributed by atoms with Gasteiger partial charge in [-0.2, -0.15) is 5.26 Å². The minimum Gasteiger partial charge on any atom is -0.494 e. The van der Waals surface area contributed by atoms with Gasteiger partial charge in [0.2, 0.25) is 0 Å². The summed E-state index contributed by atoms with van der Waals surface area (Å²) in [5, 5.41) is 8.39. The zero-order chi connectivity index (χ0) is 11.6. The molecule has 0 aliphatic carbocycles. The highest BCUT2D eigenvalue weighted by atomic mass is 16.5. The minimum absolute atomic E-state index is 0.779. The molecule has 0 aliphatic rings. The molecule has 0 amide bonds. The number of nitrogens with zero attached hydrogens (tertiary/aromatic N) is 1. The molecule has 0 saturated heterocycles. The average molecular weight is 215 g/mol. The first-order chi connectivity index (χ1) is 7.86. The molecule has 1 rings (SSSR count). The van der Waals surface area contributed by atoms with Crippen LogP contribution in [0.25, 0.3) is 6.08 Å². The van der Waals surface area contributed by atoms with Gasteiger partial charge in [-0.15, -0.1) is 0 Å². The Kier molecular flexibility index (Phi) is 5.80. The summed E-state index contributed by atoms with van der Waals surface area (Å²) < 4.78 is 5.58. The first-order valence-electron chi connectivity index (χ1n) is 5.66. The van der Waals surface area contributed by atoms with E-state index in [0.717, 1.165) is 24.3 Å². The quantitative estimate of drug-likeness (QED) is 0.534. The lowest BCUT2D eigenvalue weighted by Crippen LogP contribution is -1.96. The number of rotatable bonds is 6. The van der Waals surface area contributed by atoms with Crippen molar-refractivity contribution in [3.63, 3.8) is 0 Å². The van der Waals surface area contributed by atoms with Crippen LogP contribution < -0.4 is 4.74 Å². The van der Waals surface area contributed by atoms with E-state index in [2.05, 4.69) is 6.92 Å². The molecule has 0 spiro atoms. The van der Waals surface area contributed by atoms with Crippen LogP contribution in [-0.4, -0.2) is 6.61 Å². The largest absolute Gasteiger partial charge is 0.494 e. The van der Waals surface area contributed by atoms with Crippen molar-refractivity contribution in [2.24, 2.45) is 0 Å². The fourth-order valence-corrected chi connectivity index (χ4v) is 1.35. The molecule has 0 aliphatic heterocycles. The molecule has 1 aromatic rings. The van der Waals surface area contributed by atoms with Crippen molar-refractivity contribution < 1.29 is 4.74 Å². The summed E-state index contributed by atoms with van der Waals surface area (Å²) in [5.74, 6) is 0.894. The van der Waals surface area contributed by atoms with Crippen molar-refractivity contribution in [2.45, 2.75) is 26.2 Å². The van der Waals surface area contributed by atoms with Crippen LogP contribution in [0.4, 0.5) is 0 Å². The third-order valence-corrected chi connectivity index (χ3v) is 2.25. The molecule has 0 saturated carbocycles. The molecule has 0 aromatic heterocycles. The molecular formula is C14H17NO. The summed E-state index contributed by atoms with van der Waals surface area (Å²) >= 11 is 0. The smallest absolute Gasteiger partial charge is 0.119 e. The Morgan fingerprint density at radius 1 is 1.25 bits per heavy atom. The van der Waals surface area contributed by atoms with E-state index in [9.17, 15) is 0 Å². The predicted octanol–water partition coefficient (Wildman–Crippen LogP) is 3.79. The van der Waals surface area contributed by atoms with E-state index in [4.69, 9.17) is 10.00 Å². The third kappa shape index (κ3) is 4.65. The number of hydrogen-bond acceptors (Lipinski definition) is 2. The maximum Gasteiger partial charge on any atom is 0.119 e. The van der Waals surface area contributed by atoms with Crippen LogP contribution in [-0.2, 0) is 0 Å². The maximum atomic E-state index is 8.39. The standard InChI is InChI=1S/C14H17NO/c1-2-3-4-12-16-14-9-7-13(8-10-14)6-5-11-15/h5-10H,2-4,12H2,1H3. The SMILES string of the molecule is CCCCCOc1ccc(C=CC#N)cc1. The zero-order valence-electron chi connectivity index (χ0n) is 9.65. The zero-order valence-corrected chi connectivity index (χ0v) is 9.65. The number of hydrogen-bond donors (Lipinski definition) is 0. The van der Waals surface area contributed by atoms with Crippen molar-refractivity contribution >= 4 is 6.08 Å². The van der Waals surface area contributed by atoms with Gasteiger partial charge in [0, 0.05) is 6.08 Å². The monoisotopic (exact) mass is 215 g/mol. The van der Waals surface area contributed by atoms with Crippen LogP contribution in [0.1, 0.15) is 31.7 Å². The van der Waals surface area contributed by atoms with Crippen molar-refractivity contribution in [1.29, 1.82) is 5.26 Å². The first-order valence-corrected chi connectivity index (χ1v) is 5.66. The molecule has 0 bridgehead atoms. The molecule has 0 heterocycles. The van der Waals surface area contributed by atoms with Crippen molar-refractivity contribution in [3.05, 3.63) is 35.9 Å². The second-order valence-corrected chi connectivity index (χ2v) is 3.59. The van der Waals surface area contributed by atoms with Gasteiger partial charge in [-0.05, 0) is 30.2 Å². The normalized spacial score (nSPS) is 10.2. The molecule has 16 heavy (non-hydrogen) atoms. The molecule has 0 radical (unpaired) electrons. The third-order valence-electron chi connectivity index (χ3n) is 2.25. The van der Waals surface area contributed by atoms with Gasteiger partial charge in [0.1, 0.15) is 5.75 Å². The topological polar surface area (TPSA) is 33.0 Å². The lowest BCUT2D eigenvalue weighted by atomic mass is 10.2. The van der Waals surface area contributed by atoms with Gasteiger partial charge >= 0.3 is 0 Å². The van der Waals surface area contributed by atoms with E-state index in [0.29, 0.717) is 0 Å². The molecule has 1 aromatic carbocycles. The van der Waals surface area contributed by atoms with Crippen LogP contribution in [0.15, 0.2) is 30.3 Å². The molecule has 84 valence electrons. The summed E-state index contributed by atoms with van der Waals surface area (Å²) in [7, 11) is 0. The highest BCUT2D eigenvalue weighted by Gasteiger charge is 1.93. The van der Waals surface area contributed by atoms with Crippen LogP contribution in [0.3, 0.4) is 0 Å². The predicted molar refractivity (Wildman–Crippen MR) is 66.1 cm³/mol. The molecule has 0 N–H and O–H groups in total. The van der Waals surface area contributed by atoms with Gasteiger partial charge in [0.25, 0.3) is 0 Å². The molecule has 0 atom stereocenters. The molecule has 2 heteroatoms. The first kappa shape index (κ1) is 12.3. The van der Waals surface area contributed by atoms with E-state index in [1.54, 1.807) is 6.08 Å². The van der Waals surface area contributed by atoms with Gasteiger partial charge in [-0.25, -0.2) is 0 Å². The maximum absolute atomic E-state index is 8.39. The van der Waals surface area contributed by atoms with Crippen LogP contribution in [0.2, 0.25) is 0 Å². The average Bonchev–Trinajstić information content (AvgIpc) is 2.33. The van der Waals surface area contributed by atoms with Gasteiger partial charge in [-0.1, -0.05) is 31.9 Å². The summed E-state index contributed by atoms with van der Waals surface area (Å²) in [5.41, 5.74) is 1.02. The molecule has 0 fully saturated rings. The van der Waals surface area contributed by atoms with Crippen molar-refractivity contribution in [1.82, 2.24) is 0 Å². The minimum atomic E-state index is 0.779. The van der Waals surface area contributed by atoms with Crippen LogP contribution in [0.5, 0.6) is 5.75 Å². The van der Waals surface area contributed by atoms with E-state index in [1.165, 1.54) is 18.9 Å². The molecular weight excluding hydrogens is 198 g/mol. The Morgan fingerprint density at radius 2 is 2.00 bits per heavy atom. The number of unbranched alkanes of at least 4 members (excludes halogenated alkanes) is 2. The van der Waals surface area contributed by atoms with Crippen LogP contribution >= 0.6 is 0 Å². The number of ether oxygens (including phenoxy) is 1.